The maximum atomic E-state index is 2.41. The maximum absolute atomic E-state index is 2.41. The smallest absolute Gasteiger partial charge is 0.0327 e. The third kappa shape index (κ3) is 1.47. The number of aryl methyl sites for hydroxylation is 1. The summed E-state index contributed by atoms with van der Waals surface area (Å²) >= 11 is 1.90. The largest absolute Gasteiger partial charge is 0.301 e. The third-order valence-corrected chi connectivity index (χ3v) is 3.19. The van der Waals surface area contributed by atoms with Crippen molar-refractivity contribution < 1.29 is 0 Å². The zero-order valence-electron chi connectivity index (χ0n) is 6.84. The number of thiophene rings is 1. The van der Waals surface area contributed by atoms with Gasteiger partial charge in [0.05, 0.1) is 0 Å². The molecule has 1 aromatic heterocycles. The summed E-state index contributed by atoms with van der Waals surface area (Å²) in [5.74, 6) is 0. The van der Waals surface area contributed by atoms with Gasteiger partial charge in [-0.05, 0) is 43.4 Å². The highest BCUT2D eigenvalue weighted by Gasteiger charge is 2.11. The minimum Gasteiger partial charge on any atom is -0.301 e. The molecule has 0 aromatic carbocycles. The van der Waals surface area contributed by atoms with E-state index in [1.54, 1.807) is 10.4 Å². The van der Waals surface area contributed by atoms with Gasteiger partial charge in [0.1, 0.15) is 0 Å². The van der Waals surface area contributed by atoms with Gasteiger partial charge in [-0.25, -0.2) is 0 Å². The molecule has 2 heterocycles. The Morgan fingerprint density at radius 3 is 3.36 bits per heavy atom. The van der Waals surface area contributed by atoms with E-state index in [0.717, 1.165) is 6.54 Å². The first kappa shape index (κ1) is 7.32. The minimum atomic E-state index is 1.16. The molecule has 0 N–H and O–H groups in total. The van der Waals surface area contributed by atoms with Crippen LogP contribution in [0.5, 0.6) is 0 Å². The Hall–Kier alpha value is -0.340. The molecule has 0 spiro atoms. The van der Waals surface area contributed by atoms with Crippen molar-refractivity contribution in [3.8, 4) is 0 Å². The Balaban J connectivity index is 2.26. The summed E-state index contributed by atoms with van der Waals surface area (Å²) in [7, 11) is 2.20. The normalized spacial score (nSPS) is 19.4. The predicted octanol–water partition coefficient (Wildman–Crippen LogP) is 2.13. The number of rotatable bonds is 0. The van der Waals surface area contributed by atoms with Crippen LogP contribution in [0, 0.1) is 0 Å². The Morgan fingerprint density at radius 1 is 1.55 bits per heavy atom. The van der Waals surface area contributed by atoms with E-state index in [4.69, 9.17) is 0 Å². The maximum Gasteiger partial charge on any atom is 0.0327 e. The Bertz CT molecular complexity index is 241. The summed E-state index contributed by atoms with van der Waals surface area (Å²) in [4.78, 5) is 3.98. The lowest BCUT2D eigenvalue weighted by Gasteiger charge is -2.11. The molecule has 0 bridgehead atoms. The second-order valence-electron chi connectivity index (χ2n) is 3.21. The molecule has 1 aromatic rings. The number of fused-ring (bicyclic) bond motifs is 1. The first-order valence-electron chi connectivity index (χ1n) is 4.10. The molecule has 1 aliphatic rings. The first-order valence-corrected chi connectivity index (χ1v) is 4.98. The summed E-state index contributed by atoms with van der Waals surface area (Å²) in [6.45, 7) is 2.41. The van der Waals surface area contributed by atoms with E-state index in [-0.39, 0.29) is 0 Å². The molecule has 60 valence electrons. The van der Waals surface area contributed by atoms with Crippen molar-refractivity contribution in [1.82, 2.24) is 4.90 Å². The topological polar surface area (TPSA) is 3.24 Å². The number of nitrogens with zero attached hydrogens (tertiary/aromatic N) is 1. The van der Waals surface area contributed by atoms with Crippen LogP contribution in [0.4, 0.5) is 0 Å². The van der Waals surface area contributed by atoms with Crippen LogP contribution in [0.15, 0.2) is 11.4 Å². The lowest BCUT2D eigenvalue weighted by Crippen LogP contribution is -2.16. The van der Waals surface area contributed by atoms with Crippen LogP contribution in [0.3, 0.4) is 0 Å². The van der Waals surface area contributed by atoms with Crippen LogP contribution < -0.4 is 0 Å². The van der Waals surface area contributed by atoms with Crippen LogP contribution in [-0.4, -0.2) is 18.5 Å². The molecule has 0 atom stereocenters. The van der Waals surface area contributed by atoms with Gasteiger partial charge in [0.2, 0.25) is 0 Å². The quantitative estimate of drug-likeness (QED) is 0.572. The highest BCUT2D eigenvalue weighted by Crippen LogP contribution is 2.22. The van der Waals surface area contributed by atoms with Gasteiger partial charge in [0.25, 0.3) is 0 Å². The average molecular weight is 167 g/mol. The van der Waals surface area contributed by atoms with E-state index in [1.807, 2.05) is 11.3 Å². The van der Waals surface area contributed by atoms with Gasteiger partial charge < -0.3 is 4.90 Å². The molecule has 1 nitrogen and oxygen atoms in total. The molecule has 0 saturated heterocycles. The van der Waals surface area contributed by atoms with Crippen LogP contribution in [0.25, 0.3) is 0 Å². The molecule has 0 amide bonds. The van der Waals surface area contributed by atoms with Crippen molar-refractivity contribution in [2.24, 2.45) is 0 Å². The van der Waals surface area contributed by atoms with Gasteiger partial charge in [0, 0.05) is 11.4 Å². The minimum absolute atomic E-state index is 1.16. The molecular weight excluding hydrogens is 154 g/mol. The molecule has 11 heavy (non-hydrogen) atoms. The fourth-order valence-electron chi connectivity index (χ4n) is 1.59. The molecule has 0 fully saturated rings. The van der Waals surface area contributed by atoms with Crippen molar-refractivity contribution >= 4 is 11.3 Å². The van der Waals surface area contributed by atoms with Crippen molar-refractivity contribution in [2.45, 2.75) is 19.4 Å². The zero-order valence-corrected chi connectivity index (χ0v) is 7.66. The van der Waals surface area contributed by atoms with Gasteiger partial charge in [-0.15, -0.1) is 11.3 Å². The fourth-order valence-corrected chi connectivity index (χ4v) is 2.61. The van der Waals surface area contributed by atoms with Crippen LogP contribution in [-0.2, 0) is 13.0 Å². The summed E-state index contributed by atoms with van der Waals surface area (Å²) in [5, 5.41) is 2.21. The molecule has 1 aliphatic heterocycles. The van der Waals surface area contributed by atoms with Crippen LogP contribution in [0.2, 0.25) is 0 Å². The third-order valence-electron chi connectivity index (χ3n) is 2.24. The van der Waals surface area contributed by atoms with Crippen molar-refractivity contribution in [3.63, 3.8) is 0 Å². The van der Waals surface area contributed by atoms with E-state index >= 15 is 0 Å². The highest BCUT2D eigenvalue weighted by molar-refractivity contribution is 7.10. The van der Waals surface area contributed by atoms with Gasteiger partial charge in [-0.1, -0.05) is 0 Å². The van der Waals surface area contributed by atoms with Gasteiger partial charge in [-0.3, -0.25) is 0 Å². The lowest BCUT2D eigenvalue weighted by atomic mass is 10.2. The molecule has 0 unspecified atom stereocenters. The SMILES string of the molecule is CN1CCCc2ccsc2C1. The Labute approximate surface area is 71.7 Å². The predicted molar refractivity (Wildman–Crippen MR) is 49.0 cm³/mol. The standard InChI is InChI=1S/C9H13NS/c1-10-5-2-3-8-4-6-11-9(8)7-10/h4,6H,2-3,5,7H2,1H3. The molecular formula is C9H13NS. The molecule has 2 heteroatoms. The Kier molecular flexibility index (Phi) is 1.96. The summed E-state index contributed by atoms with van der Waals surface area (Å²) in [6, 6.07) is 2.28. The second kappa shape index (κ2) is 2.95. The zero-order chi connectivity index (χ0) is 7.68. The van der Waals surface area contributed by atoms with E-state index in [9.17, 15) is 0 Å². The number of hydrogen-bond donors (Lipinski definition) is 0. The summed E-state index contributed by atoms with van der Waals surface area (Å²) < 4.78 is 0. The molecule has 2 rings (SSSR count). The lowest BCUT2D eigenvalue weighted by molar-refractivity contribution is 0.334. The van der Waals surface area contributed by atoms with Crippen molar-refractivity contribution in [1.29, 1.82) is 0 Å². The highest BCUT2D eigenvalue weighted by atomic mass is 32.1. The van der Waals surface area contributed by atoms with E-state index in [1.165, 1.54) is 19.4 Å². The molecule has 0 aliphatic carbocycles. The monoisotopic (exact) mass is 167 g/mol. The average Bonchev–Trinajstić information content (AvgIpc) is 2.31. The molecule has 0 saturated carbocycles. The number of hydrogen-bond acceptors (Lipinski definition) is 2. The van der Waals surface area contributed by atoms with Crippen LogP contribution in [0.1, 0.15) is 16.9 Å². The van der Waals surface area contributed by atoms with E-state index in [0.29, 0.717) is 0 Å². The van der Waals surface area contributed by atoms with Crippen LogP contribution >= 0.6 is 11.3 Å². The fraction of sp³-hybridized carbons (Fsp3) is 0.556. The second-order valence-corrected chi connectivity index (χ2v) is 4.21. The summed E-state index contributed by atoms with van der Waals surface area (Å²) in [6.07, 6.45) is 2.60. The van der Waals surface area contributed by atoms with Gasteiger partial charge in [-0.2, -0.15) is 0 Å². The first-order chi connectivity index (χ1) is 5.36. The van der Waals surface area contributed by atoms with Crippen molar-refractivity contribution in [2.75, 3.05) is 13.6 Å². The van der Waals surface area contributed by atoms with E-state index in [2.05, 4.69) is 23.4 Å². The van der Waals surface area contributed by atoms with Crippen molar-refractivity contribution in [3.05, 3.63) is 21.9 Å². The summed E-state index contributed by atoms with van der Waals surface area (Å²) in [5.41, 5.74) is 1.58. The molecule has 0 radical (unpaired) electrons. The Morgan fingerprint density at radius 2 is 2.45 bits per heavy atom. The van der Waals surface area contributed by atoms with Gasteiger partial charge >= 0.3 is 0 Å². The van der Waals surface area contributed by atoms with E-state index < -0.39 is 0 Å². The van der Waals surface area contributed by atoms with Gasteiger partial charge in [0.15, 0.2) is 0 Å².